The number of benzene rings is 1. The van der Waals surface area contributed by atoms with Crippen molar-refractivity contribution < 1.29 is 22.8 Å². The van der Waals surface area contributed by atoms with E-state index in [4.69, 9.17) is 11.6 Å². The van der Waals surface area contributed by atoms with Crippen LogP contribution in [-0.2, 0) is 15.8 Å². The van der Waals surface area contributed by atoms with Crippen molar-refractivity contribution in [3.8, 4) is 0 Å². The standard InChI is InChI=1S/C28H32ClF3N4O2/c1-27(10-11-27)26(38)35-12-8-19(9-13-35)25(37)36-16-20(23(17-36)18-2-5-22(29)6-3-18)14-33-24-7-4-21(15-34-24)28(30,31)32/h2-7,15,19-20,23H,8-14,16-17H2,1H3,(H,33,34). The Kier molecular flexibility index (Phi) is 7.33. The summed E-state index contributed by atoms with van der Waals surface area (Å²) in [6, 6.07) is 9.93. The second-order valence-electron chi connectivity index (χ2n) is 11.1. The Morgan fingerprint density at radius 3 is 2.32 bits per heavy atom. The number of nitrogens with one attached hydrogen (secondary N) is 1. The highest BCUT2D eigenvalue weighted by Gasteiger charge is 2.48. The van der Waals surface area contributed by atoms with E-state index in [0.717, 1.165) is 30.7 Å². The number of halogens is 4. The molecule has 3 heterocycles. The summed E-state index contributed by atoms with van der Waals surface area (Å²) in [4.78, 5) is 34.0. The number of carbonyl (C=O) groups excluding carboxylic acids is 2. The van der Waals surface area contributed by atoms with Crippen molar-refractivity contribution in [3.05, 3.63) is 58.7 Å². The quantitative estimate of drug-likeness (QED) is 0.521. The predicted octanol–water partition coefficient (Wildman–Crippen LogP) is 5.45. The number of pyridine rings is 1. The van der Waals surface area contributed by atoms with E-state index < -0.39 is 11.7 Å². The number of aromatic nitrogens is 1. The predicted molar refractivity (Wildman–Crippen MR) is 139 cm³/mol. The molecule has 2 aromatic rings. The lowest BCUT2D eigenvalue weighted by atomic mass is 9.89. The number of hydrogen-bond donors (Lipinski definition) is 1. The van der Waals surface area contributed by atoms with Crippen molar-refractivity contribution >= 4 is 29.2 Å². The molecule has 2 atom stereocenters. The van der Waals surface area contributed by atoms with Crippen LogP contribution in [0, 0.1) is 17.3 Å². The van der Waals surface area contributed by atoms with E-state index in [0.29, 0.717) is 56.4 Å². The largest absolute Gasteiger partial charge is 0.417 e. The topological polar surface area (TPSA) is 65.5 Å². The average molecular weight is 549 g/mol. The highest BCUT2D eigenvalue weighted by molar-refractivity contribution is 6.30. The van der Waals surface area contributed by atoms with Crippen molar-refractivity contribution in [2.75, 3.05) is 38.0 Å². The summed E-state index contributed by atoms with van der Waals surface area (Å²) >= 11 is 6.09. The van der Waals surface area contributed by atoms with E-state index >= 15 is 0 Å². The molecule has 3 aliphatic rings. The summed E-state index contributed by atoms with van der Waals surface area (Å²) in [5, 5.41) is 3.80. The summed E-state index contributed by atoms with van der Waals surface area (Å²) in [7, 11) is 0. The highest BCUT2D eigenvalue weighted by Crippen LogP contribution is 2.47. The molecule has 204 valence electrons. The highest BCUT2D eigenvalue weighted by atomic mass is 35.5. The summed E-state index contributed by atoms with van der Waals surface area (Å²) < 4.78 is 38.6. The minimum Gasteiger partial charge on any atom is -0.370 e. The lowest BCUT2D eigenvalue weighted by Gasteiger charge is -2.34. The zero-order chi connectivity index (χ0) is 27.1. The van der Waals surface area contributed by atoms with Crippen molar-refractivity contribution in [3.63, 3.8) is 0 Å². The number of carbonyl (C=O) groups is 2. The van der Waals surface area contributed by atoms with Crippen LogP contribution in [0.3, 0.4) is 0 Å². The number of nitrogens with zero attached hydrogens (tertiary/aromatic N) is 3. The SMILES string of the molecule is CC1(C(=O)N2CCC(C(=O)N3CC(CNc4ccc(C(F)(F)F)cn4)C(c4ccc(Cl)cc4)C3)CC2)CC1. The smallest absolute Gasteiger partial charge is 0.370 e. The van der Waals surface area contributed by atoms with Gasteiger partial charge in [-0.2, -0.15) is 13.2 Å². The number of hydrogen-bond acceptors (Lipinski definition) is 4. The molecule has 2 unspecified atom stereocenters. The third-order valence-electron chi connectivity index (χ3n) is 8.33. The molecule has 2 amide bonds. The van der Waals surface area contributed by atoms with Gasteiger partial charge < -0.3 is 15.1 Å². The molecule has 1 aromatic carbocycles. The van der Waals surface area contributed by atoms with Gasteiger partial charge >= 0.3 is 6.18 Å². The summed E-state index contributed by atoms with van der Waals surface area (Å²) in [5.74, 6) is 0.675. The Bertz CT molecular complexity index is 1160. The average Bonchev–Trinajstić information content (AvgIpc) is 3.52. The van der Waals surface area contributed by atoms with Gasteiger partial charge in [0.05, 0.1) is 5.56 Å². The van der Waals surface area contributed by atoms with Gasteiger partial charge in [0.2, 0.25) is 11.8 Å². The van der Waals surface area contributed by atoms with E-state index in [9.17, 15) is 22.8 Å². The maximum absolute atomic E-state index is 13.5. The molecule has 2 saturated heterocycles. The Labute approximate surface area is 225 Å². The summed E-state index contributed by atoms with van der Waals surface area (Å²) in [6.07, 6.45) is -0.382. The lowest BCUT2D eigenvalue weighted by molar-refractivity contribution is -0.142. The van der Waals surface area contributed by atoms with E-state index in [-0.39, 0.29) is 35.0 Å². The van der Waals surface area contributed by atoms with Gasteiger partial charge in [0.25, 0.3) is 0 Å². The van der Waals surface area contributed by atoms with Gasteiger partial charge in [-0.15, -0.1) is 0 Å². The van der Waals surface area contributed by atoms with Crippen LogP contribution >= 0.6 is 11.6 Å². The van der Waals surface area contributed by atoms with Crippen molar-refractivity contribution in [1.82, 2.24) is 14.8 Å². The first-order valence-electron chi connectivity index (χ1n) is 13.1. The van der Waals surface area contributed by atoms with Gasteiger partial charge in [-0.25, -0.2) is 4.98 Å². The second kappa shape index (κ2) is 10.4. The summed E-state index contributed by atoms with van der Waals surface area (Å²) in [5.41, 5.74) is 0.0772. The molecule has 0 radical (unpaired) electrons. The molecule has 2 aliphatic heterocycles. The maximum Gasteiger partial charge on any atom is 0.417 e. The van der Waals surface area contributed by atoms with Gasteiger partial charge in [-0.05, 0) is 55.5 Å². The van der Waals surface area contributed by atoms with E-state index in [1.54, 1.807) is 0 Å². The number of piperidine rings is 1. The molecule has 1 saturated carbocycles. The zero-order valence-corrected chi connectivity index (χ0v) is 22.1. The monoisotopic (exact) mass is 548 g/mol. The van der Waals surface area contributed by atoms with Gasteiger partial charge in [-0.1, -0.05) is 30.7 Å². The minimum atomic E-state index is -4.43. The summed E-state index contributed by atoms with van der Waals surface area (Å²) in [6.45, 7) is 4.80. The fourth-order valence-electron chi connectivity index (χ4n) is 5.62. The van der Waals surface area contributed by atoms with E-state index in [1.807, 2.05) is 41.0 Å². The van der Waals surface area contributed by atoms with Crippen LogP contribution in [0.2, 0.25) is 5.02 Å². The third-order valence-corrected chi connectivity index (χ3v) is 8.59. The van der Waals surface area contributed by atoms with Gasteiger partial charge in [0, 0.05) is 67.1 Å². The van der Waals surface area contributed by atoms with Crippen molar-refractivity contribution in [1.29, 1.82) is 0 Å². The number of alkyl halides is 3. The van der Waals surface area contributed by atoms with Crippen LogP contribution < -0.4 is 5.32 Å². The third kappa shape index (κ3) is 5.77. The van der Waals surface area contributed by atoms with Crippen LogP contribution in [0.15, 0.2) is 42.6 Å². The van der Waals surface area contributed by atoms with Crippen molar-refractivity contribution in [2.24, 2.45) is 17.3 Å². The number of amides is 2. The fraction of sp³-hybridized carbons (Fsp3) is 0.536. The number of anilines is 1. The first-order valence-corrected chi connectivity index (χ1v) is 13.5. The first kappa shape index (κ1) is 26.8. The molecule has 10 heteroatoms. The van der Waals surface area contributed by atoms with E-state index in [2.05, 4.69) is 10.3 Å². The van der Waals surface area contributed by atoms with Crippen LogP contribution in [0.25, 0.3) is 0 Å². The Morgan fingerprint density at radius 2 is 1.74 bits per heavy atom. The molecular formula is C28H32ClF3N4O2. The molecule has 1 aliphatic carbocycles. The number of likely N-dealkylation sites (tertiary alicyclic amines) is 2. The molecule has 0 spiro atoms. The Morgan fingerprint density at radius 1 is 1.05 bits per heavy atom. The van der Waals surface area contributed by atoms with Crippen LogP contribution in [-0.4, -0.2) is 59.3 Å². The first-order chi connectivity index (χ1) is 18.0. The molecule has 1 N–H and O–H groups in total. The molecule has 3 fully saturated rings. The lowest BCUT2D eigenvalue weighted by Crippen LogP contribution is -2.45. The zero-order valence-electron chi connectivity index (χ0n) is 21.3. The maximum atomic E-state index is 13.5. The molecule has 38 heavy (non-hydrogen) atoms. The molecule has 1 aromatic heterocycles. The van der Waals surface area contributed by atoms with Crippen LogP contribution in [0.4, 0.5) is 19.0 Å². The molecule has 0 bridgehead atoms. The fourth-order valence-corrected chi connectivity index (χ4v) is 5.74. The van der Waals surface area contributed by atoms with Gasteiger partial charge in [0.1, 0.15) is 5.82 Å². The molecular weight excluding hydrogens is 517 g/mol. The Hall–Kier alpha value is -2.81. The second-order valence-corrected chi connectivity index (χ2v) is 11.5. The van der Waals surface area contributed by atoms with E-state index in [1.165, 1.54) is 6.07 Å². The molecule has 5 rings (SSSR count). The minimum absolute atomic E-state index is 0.0423. The van der Waals surface area contributed by atoms with Gasteiger partial charge in [-0.3, -0.25) is 9.59 Å². The normalized spacial score (nSPS) is 23.4. The molecule has 6 nitrogen and oxygen atoms in total. The van der Waals surface area contributed by atoms with Crippen LogP contribution in [0.1, 0.15) is 49.7 Å². The van der Waals surface area contributed by atoms with Crippen molar-refractivity contribution in [2.45, 2.75) is 44.7 Å². The Balaban J connectivity index is 1.23. The number of rotatable bonds is 6. The van der Waals surface area contributed by atoms with Crippen LogP contribution in [0.5, 0.6) is 0 Å². The van der Waals surface area contributed by atoms with Gasteiger partial charge in [0.15, 0.2) is 0 Å².